The van der Waals surface area contributed by atoms with Crippen LogP contribution in [0.2, 0.25) is 0 Å². The normalized spacial score (nSPS) is 11.5. The van der Waals surface area contributed by atoms with Gasteiger partial charge >= 0.3 is 0 Å². The fourth-order valence-corrected chi connectivity index (χ4v) is 4.22. The highest BCUT2D eigenvalue weighted by Crippen LogP contribution is 2.38. The Morgan fingerprint density at radius 1 is 1.23 bits per heavy atom. The molecule has 0 bridgehead atoms. The molecule has 1 N–H and O–H groups in total. The van der Waals surface area contributed by atoms with Crippen LogP contribution in [0.4, 0.5) is 0 Å². The van der Waals surface area contributed by atoms with Gasteiger partial charge in [0.1, 0.15) is 0 Å². The standard InChI is InChI=1S/C18H17BrN2O4S/c1-3-25-16-11-13(10-15(19)17(16)22)18-20-8-9-21(18)26(23,24)14-6-4-12(2)5-7-14/h4-11,22H,3H2,1-2H3. The first kappa shape index (κ1) is 18.5. The summed E-state index contributed by atoms with van der Waals surface area (Å²) in [4.78, 5) is 4.37. The molecular weight excluding hydrogens is 420 g/mol. The van der Waals surface area contributed by atoms with Gasteiger partial charge in [0.05, 0.1) is 16.0 Å². The number of hydrogen-bond acceptors (Lipinski definition) is 5. The van der Waals surface area contributed by atoms with E-state index in [4.69, 9.17) is 4.74 Å². The topological polar surface area (TPSA) is 81.4 Å². The van der Waals surface area contributed by atoms with Gasteiger partial charge in [-0.05, 0) is 54.0 Å². The van der Waals surface area contributed by atoms with E-state index in [1.165, 1.54) is 12.4 Å². The van der Waals surface area contributed by atoms with Gasteiger partial charge in [0.2, 0.25) is 0 Å². The van der Waals surface area contributed by atoms with Gasteiger partial charge in [0.25, 0.3) is 10.0 Å². The fourth-order valence-electron chi connectivity index (χ4n) is 2.48. The highest BCUT2D eigenvalue weighted by molar-refractivity contribution is 9.10. The van der Waals surface area contributed by atoms with Crippen LogP contribution in [0.15, 0.2) is 58.2 Å². The summed E-state index contributed by atoms with van der Waals surface area (Å²) in [5.74, 6) is 0.432. The van der Waals surface area contributed by atoms with Crippen molar-refractivity contribution in [3.05, 3.63) is 58.8 Å². The van der Waals surface area contributed by atoms with Crippen molar-refractivity contribution in [2.24, 2.45) is 0 Å². The number of imidazole rings is 1. The van der Waals surface area contributed by atoms with Crippen molar-refractivity contribution in [3.8, 4) is 22.9 Å². The van der Waals surface area contributed by atoms with Crippen molar-refractivity contribution in [3.63, 3.8) is 0 Å². The molecule has 8 heteroatoms. The van der Waals surface area contributed by atoms with Crippen molar-refractivity contribution in [1.29, 1.82) is 0 Å². The van der Waals surface area contributed by atoms with E-state index in [0.29, 0.717) is 16.6 Å². The predicted octanol–water partition coefficient (Wildman–Crippen LogP) is 3.96. The lowest BCUT2D eigenvalue weighted by Gasteiger charge is -2.12. The average molecular weight is 437 g/mol. The summed E-state index contributed by atoms with van der Waals surface area (Å²) in [5.41, 5.74) is 1.47. The van der Waals surface area contributed by atoms with Crippen LogP contribution in [0.1, 0.15) is 12.5 Å². The zero-order valence-electron chi connectivity index (χ0n) is 14.2. The maximum Gasteiger partial charge on any atom is 0.269 e. The predicted molar refractivity (Wildman–Crippen MR) is 102 cm³/mol. The molecule has 1 aromatic heterocycles. The Labute approximate surface area is 160 Å². The largest absolute Gasteiger partial charge is 0.503 e. The number of aromatic nitrogens is 2. The molecule has 0 aliphatic carbocycles. The summed E-state index contributed by atoms with van der Waals surface area (Å²) >= 11 is 3.26. The number of rotatable bonds is 5. The molecular formula is C18H17BrN2O4S. The number of ether oxygens (including phenoxy) is 1. The highest BCUT2D eigenvalue weighted by atomic mass is 79.9. The van der Waals surface area contributed by atoms with E-state index in [-0.39, 0.29) is 22.2 Å². The van der Waals surface area contributed by atoms with Crippen LogP contribution in [-0.2, 0) is 10.0 Å². The molecule has 0 aliphatic rings. The number of aryl methyl sites for hydroxylation is 1. The van der Waals surface area contributed by atoms with Crippen molar-refractivity contribution in [2.45, 2.75) is 18.7 Å². The van der Waals surface area contributed by atoms with Crippen LogP contribution < -0.4 is 4.74 Å². The number of phenols is 1. The maximum absolute atomic E-state index is 13.0. The summed E-state index contributed by atoms with van der Waals surface area (Å²) in [6.07, 6.45) is 2.81. The van der Waals surface area contributed by atoms with Gasteiger partial charge in [-0.15, -0.1) is 0 Å². The molecule has 26 heavy (non-hydrogen) atoms. The van der Waals surface area contributed by atoms with Crippen LogP contribution in [-0.4, -0.2) is 29.1 Å². The summed E-state index contributed by atoms with van der Waals surface area (Å²) < 4.78 is 32.9. The van der Waals surface area contributed by atoms with Crippen LogP contribution in [0.5, 0.6) is 11.5 Å². The fraction of sp³-hybridized carbons (Fsp3) is 0.167. The first-order valence-corrected chi connectivity index (χ1v) is 10.1. The van der Waals surface area contributed by atoms with Crippen LogP contribution in [0, 0.1) is 6.92 Å². The zero-order valence-corrected chi connectivity index (χ0v) is 16.6. The summed E-state index contributed by atoms with van der Waals surface area (Å²) in [6.45, 7) is 4.05. The number of phenolic OH excluding ortho intramolecular Hbond substituents is 1. The second-order valence-corrected chi connectivity index (χ2v) is 8.27. The van der Waals surface area contributed by atoms with Gasteiger partial charge in [-0.2, -0.15) is 0 Å². The molecule has 0 amide bonds. The Hall–Kier alpha value is -2.32. The molecule has 3 rings (SSSR count). The van der Waals surface area contributed by atoms with Crippen LogP contribution in [0.3, 0.4) is 0 Å². The molecule has 0 unspecified atom stereocenters. The third kappa shape index (κ3) is 3.34. The number of benzene rings is 2. The molecule has 6 nitrogen and oxygen atoms in total. The Balaban J connectivity index is 2.14. The minimum Gasteiger partial charge on any atom is -0.503 e. The number of hydrogen-bond donors (Lipinski definition) is 1. The molecule has 0 saturated carbocycles. The smallest absolute Gasteiger partial charge is 0.269 e. The molecule has 0 fully saturated rings. The van der Waals surface area contributed by atoms with Gasteiger partial charge in [0.15, 0.2) is 17.3 Å². The van der Waals surface area contributed by atoms with Gasteiger partial charge in [-0.3, -0.25) is 0 Å². The Morgan fingerprint density at radius 2 is 1.92 bits per heavy atom. The number of aromatic hydroxyl groups is 1. The molecule has 0 saturated heterocycles. The van der Waals surface area contributed by atoms with Gasteiger partial charge < -0.3 is 9.84 Å². The van der Waals surface area contributed by atoms with E-state index in [1.807, 2.05) is 6.92 Å². The molecule has 0 radical (unpaired) electrons. The molecule has 0 atom stereocenters. The summed E-state index contributed by atoms with van der Waals surface area (Å²) in [5, 5.41) is 10.1. The highest BCUT2D eigenvalue weighted by Gasteiger charge is 2.22. The average Bonchev–Trinajstić information content (AvgIpc) is 3.10. The minimum absolute atomic E-state index is 0.0462. The quantitative estimate of drug-likeness (QED) is 0.654. The first-order chi connectivity index (χ1) is 12.3. The Kier molecular flexibility index (Phi) is 5.06. The molecule has 0 spiro atoms. The summed E-state index contributed by atoms with van der Waals surface area (Å²) in [6, 6.07) is 9.77. The van der Waals surface area contributed by atoms with Crippen LogP contribution >= 0.6 is 15.9 Å². The van der Waals surface area contributed by atoms with E-state index >= 15 is 0 Å². The third-order valence-corrected chi connectivity index (χ3v) is 6.06. The number of nitrogens with zero attached hydrogens (tertiary/aromatic N) is 2. The second-order valence-electron chi connectivity index (χ2n) is 5.60. The van der Waals surface area contributed by atoms with E-state index in [1.54, 1.807) is 43.3 Å². The molecule has 3 aromatic rings. The van der Waals surface area contributed by atoms with Gasteiger partial charge in [-0.25, -0.2) is 17.4 Å². The van der Waals surface area contributed by atoms with E-state index < -0.39 is 10.0 Å². The maximum atomic E-state index is 13.0. The third-order valence-electron chi connectivity index (χ3n) is 3.77. The second kappa shape index (κ2) is 7.13. The van der Waals surface area contributed by atoms with E-state index in [0.717, 1.165) is 9.54 Å². The molecule has 1 heterocycles. The van der Waals surface area contributed by atoms with E-state index in [2.05, 4.69) is 20.9 Å². The lowest BCUT2D eigenvalue weighted by Crippen LogP contribution is -2.13. The lowest BCUT2D eigenvalue weighted by molar-refractivity contribution is 0.317. The molecule has 0 aliphatic heterocycles. The summed E-state index contributed by atoms with van der Waals surface area (Å²) in [7, 11) is -3.80. The van der Waals surface area contributed by atoms with Crippen molar-refractivity contribution >= 4 is 26.0 Å². The van der Waals surface area contributed by atoms with Crippen molar-refractivity contribution in [1.82, 2.24) is 8.96 Å². The van der Waals surface area contributed by atoms with Crippen molar-refractivity contribution < 1.29 is 18.3 Å². The SMILES string of the molecule is CCOc1cc(-c2nccn2S(=O)(=O)c2ccc(C)cc2)cc(Br)c1O. The first-order valence-electron chi connectivity index (χ1n) is 7.86. The van der Waals surface area contributed by atoms with Gasteiger partial charge in [-0.1, -0.05) is 17.7 Å². The van der Waals surface area contributed by atoms with Crippen LogP contribution in [0.25, 0.3) is 11.4 Å². The zero-order chi connectivity index (χ0) is 18.9. The lowest BCUT2D eigenvalue weighted by atomic mass is 10.2. The Bertz CT molecular complexity index is 1040. The van der Waals surface area contributed by atoms with Crippen molar-refractivity contribution in [2.75, 3.05) is 6.61 Å². The monoisotopic (exact) mass is 436 g/mol. The molecule has 2 aromatic carbocycles. The molecule has 136 valence electrons. The number of halogens is 1. The Morgan fingerprint density at radius 3 is 2.58 bits per heavy atom. The van der Waals surface area contributed by atoms with E-state index in [9.17, 15) is 13.5 Å². The minimum atomic E-state index is -3.80. The van der Waals surface area contributed by atoms with Gasteiger partial charge in [0, 0.05) is 18.0 Å².